The highest BCUT2D eigenvalue weighted by Crippen LogP contribution is 2.14. The van der Waals surface area contributed by atoms with Crippen molar-refractivity contribution in [2.75, 3.05) is 0 Å². The number of hydrogen-bond acceptors (Lipinski definition) is 0. The molecule has 0 spiro atoms. The van der Waals surface area contributed by atoms with Gasteiger partial charge in [-0.15, -0.1) is 0 Å². The Hall–Kier alpha value is -0.780. The Bertz CT molecular complexity index is 170. The Morgan fingerprint density at radius 2 is 1.07 bits per heavy atom. The van der Waals surface area contributed by atoms with Gasteiger partial charge in [0.2, 0.25) is 0 Å². The van der Waals surface area contributed by atoms with Gasteiger partial charge in [-0.3, -0.25) is 0 Å². The van der Waals surface area contributed by atoms with Gasteiger partial charge < -0.3 is 0 Å². The van der Waals surface area contributed by atoms with E-state index in [-0.39, 0.29) is 0 Å². The summed E-state index contributed by atoms with van der Waals surface area (Å²) in [6, 6.07) is 0. The van der Waals surface area contributed by atoms with Crippen molar-refractivity contribution in [2.24, 2.45) is 0 Å². The van der Waals surface area contributed by atoms with Crippen molar-refractivity contribution < 1.29 is 0 Å². The summed E-state index contributed by atoms with van der Waals surface area (Å²) in [5.41, 5.74) is 2.91. The maximum absolute atomic E-state index is 2.21. The van der Waals surface area contributed by atoms with E-state index in [2.05, 4.69) is 52.0 Å². The minimum Gasteiger partial charge on any atom is -0.0874 e. The lowest BCUT2D eigenvalue weighted by Gasteiger charge is -2.03. The fraction of sp³-hybridized carbons (Fsp3) is 0.571. The Morgan fingerprint density at radius 3 is 1.21 bits per heavy atom. The molecule has 0 aromatic heterocycles. The lowest BCUT2D eigenvalue weighted by molar-refractivity contribution is 1.05. The van der Waals surface area contributed by atoms with Gasteiger partial charge in [0.15, 0.2) is 0 Å². The van der Waals surface area contributed by atoms with E-state index in [0.717, 1.165) is 12.8 Å². The van der Waals surface area contributed by atoms with Crippen molar-refractivity contribution >= 4 is 0 Å². The summed E-state index contributed by atoms with van der Waals surface area (Å²) in [6.07, 6.45) is 10.9. The molecule has 0 unspecified atom stereocenters. The molecule has 14 heavy (non-hydrogen) atoms. The van der Waals surface area contributed by atoms with Gasteiger partial charge in [0.05, 0.1) is 0 Å². The average molecular weight is 194 g/mol. The van der Waals surface area contributed by atoms with Crippen LogP contribution in [-0.2, 0) is 0 Å². The van der Waals surface area contributed by atoms with Gasteiger partial charge in [0.1, 0.15) is 0 Å². The minimum absolute atomic E-state index is 1.12. The molecule has 0 aliphatic heterocycles. The highest BCUT2D eigenvalue weighted by atomic mass is 14.0. The molecule has 0 aromatic carbocycles. The van der Waals surface area contributed by atoms with E-state index in [1.807, 2.05) is 13.8 Å². The zero-order valence-corrected chi connectivity index (χ0v) is 10.7. The van der Waals surface area contributed by atoms with Gasteiger partial charge in [-0.1, -0.05) is 52.0 Å². The van der Waals surface area contributed by atoms with Gasteiger partial charge in [0, 0.05) is 0 Å². The molecule has 0 aliphatic carbocycles. The SMILES string of the molecule is CC.C\C=C/C(CC)=C(\C=C/C)CC. The van der Waals surface area contributed by atoms with Gasteiger partial charge >= 0.3 is 0 Å². The Morgan fingerprint density at radius 1 is 0.786 bits per heavy atom. The molecule has 0 aromatic rings. The van der Waals surface area contributed by atoms with E-state index in [1.165, 1.54) is 11.1 Å². The molecule has 82 valence electrons. The van der Waals surface area contributed by atoms with Crippen LogP contribution in [0.1, 0.15) is 54.4 Å². The molecule has 0 saturated heterocycles. The molecular weight excluding hydrogens is 168 g/mol. The summed E-state index contributed by atoms with van der Waals surface area (Å²) < 4.78 is 0. The molecule has 0 heteroatoms. The van der Waals surface area contributed by atoms with Crippen molar-refractivity contribution in [3.63, 3.8) is 0 Å². The lowest BCUT2D eigenvalue weighted by Crippen LogP contribution is -1.83. The van der Waals surface area contributed by atoms with Crippen LogP contribution in [0, 0.1) is 0 Å². The van der Waals surface area contributed by atoms with Crippen molar-refractivity contribution in [1.29, 1.82) is 0 Å². The molecule has 0 nitrogen and oxygen atoms in total. The highest BCUT2D eigenvalue weighted by Gasteiger charge is 1.95. The number of hydrogen-bond donors (Lipinski definition) is 0. The third kappa shape index (κ3) is 6.71. The Kier molecular flexibility index (Phi) is 13.7. The third-order valence-corrected chi connectivity index (χ3v) is 1.91. The monoisotopic (exact) mass is 194 g/mol. The summed E-state index contributed by atoms with van der Waals surface area (Å²) in [7, 11) is 0. The quantitative estimate of drug-likeness (QED) is 0.534. The molecule has 0 N–H and O–H groups in total. The van der Waals surface area contributed by atoms with Gasteiger partial charge in [-0.2, -0.15) is 0 Å². The smallest absolute Gasteiger partial charge is 0.0305 e. The summed E-state index contributed by atoms with van der Waals surface area (Å²) in [4.78, 5) is 0. The predicted molar refractivity (Wildman–Crippen MR) is 68.6 cm³/mol. The average Bonchev–Trinajstić information content (AvgIpc) is 2.26. The van der Waals surface area contributed by atoms with Gasteiger partial charge in [-0.05, 0) is 37.8 Å². The molecule has 0 rings (SSSR count). The lowest BCUT2D eigenvalue weighted by atomic mass is 10.0. The van der Waals surface area contributed by atoms with Crippen LogP contribution < -0.4 is 0 Å². The van der Waals surface area contributed by atoms with Crippen LogP contribution in [0.2, 0.25) is 0 Å². The normalized spacial score (nSPS) is 12.7. The second-order valence-electron chi connectivity index (χ2n) is 2.76. The van der Waals surface area contributed by atoms with Gasteiger partial charge in [-0.25, -0.2) is 0 Å². The molecule has 0 aliphatic rings. The van der Waals surface area contributed by atoms with Crippen molar-refractivity contribution in [3.8, 4) is 0 Å². The Labute approximate surface area is 90.4 Å². The van der Waals surface area contributed by atoms with E-state index in [1.54, 1.807) is 0 Å². The molecule has 0 amide bonds. The van der Waals surface area contributed by atoms with Crippen LogP contribution >= 0.6 is 0 Å². The molecule has 0 atom stereocenters. The first kappa shape index (κ1) is 15.7. The van der Waals surface area contributed by atoms with Crippen LogP contribution in [0.15, 0.2) is 35.5 Å². The fourth-order valence-corrected chi connectivity index (χ4v) is 1.31. The standard InChI is InChI=1S/C12H20.C2H6/c1-5-9-11(7-3)12(8-4)10-6-2;1-2/h5-6,9-10H,7-8H2,1-4H3;1-2H3/b9-5-,10-6-,12-11-;. The summed E-state index contributed by atoms with van der Waals surface area (Å²) >= 11 is 0. The predicted octanol–water partition coefficient (Wildman–Crippen LogP) is 5.28. The van der Waals surface area contributed by atoms with Crippen LogP contribution in [0.4, 0.5) is 0 Å². The largest absolute Gasteiger partial charge is 0.0874 e. The summed E-state index contributed by atoms with van der Waals surface area (Å²) in [6.45, 7) is 12.5. The van der Waals surface area contributed by atoms with Crippen molar-refractivity contribution in [1.82, 2.24) is 0 Å². The van der Waals surface area contributed by atoms with E-state index in [4.69, 9.17) is 0 Å². The molecule has 0 bridgehead atoms. The second kappa shape index (κ2) is 12.2. The summed E-state index contributed by atoms with van der Waals surface area (Å²) in [5.74, 6) is 0. The fourth-order valence-electron chi connectivity index (χ4n) is 1.31. The van der Waals surface area contributed by atoms with Crippen LogP contribution in [0.3, 0.4) is 0 Å². The van der Waals surface area contributed by atoms with Gasteiger partial charge in [0.25, 0.3) is 0 Å². The molecule has 0 fully saturated rings. The molecule has 0 radical (unpaired) electrons. The van der Waals surface area contributed by atoms with Crippen molar-refractivity contribution in [2.45, 2.75) is 54.4 Å². The highest BCUT2D eigenvalue weighted by molar-refractivity contribution is 5.32. The molecule has 0 saturated carbocycles. The first-order chi connectivity index (χ1) is 6.79. The molecular formula is C14H26. The number of rotatable bonds is 4. The Balaban J connectivity index is 0. The summed E-state index contributed by atoms with van der Waals surface area (Å²) in [5, 5.41) is 0. The van der Waals surface area contributed by atoms with Crippen LogP contribution in [-0.4, -0.2) is 0 Å². The van der Waals surface area contributed by atoms with E-state index < -0.39 is 0 Å². The maximum Gasteiger partial charge on any atom is -0.0305 e. The minimum atomic E-state index is 1.12. The van der Waals surface area contributed by atoms with Crippen LogP contribution in [0.25, 0.3) is 0 Å². The van der Waals surface area contributed by atoms with E-state index >= 15 is 0 Å². The first-order valence-electron chi connectivity index (χ1n) is 5.77. The molecule has 0 heterocycles. The van der Waals surface area contributed by atoms with Crippen LogP contribution in [0.5, 0.6) is 0 Å². The second-order valence-corrected chi connectivity index (χ2v) is 2.76. The maximum atomic E-state index is 2.21. The zero-order chi connectivity index (χ0) is 11.4. The van der Waals surface area contributed by atoms with Crippen molar-refractivity contribution in [3.05, 3.63) is 35.5 Å². The topological polar surface area (TPSA) is 0 Å². The third-order valence-electron chi connectivity index (χ3n) is 1.91. The van der Waals surface area contributed by atoms with E-state index in [0.29, 0.717) is 0 Å². The first-order valence-corrected chi connectivity index (χ1v) is 5.77. The zero-order valence-electron chi connectivity index (χ0n) is 10.7. The number of allylic oxidation sites excluding steroid dienone is 6. The van der Waals surface area contributed by atoms with E-state index in [9.17, 15) is 0 Å².